The maximum atomic E-state index is 11.1. The molecule has 0 fully saturated rings. The third kappa shape index (κ3) is 3.61. The predicted octanol–water partition coefficient (Wildman–Crippen LogP) is 4.23. The van der Waals surface area contributed by atoms with Gasteiger partial charge in [-0.1, -0.05) is 22.0 Å². The topological polar surface area (TPSA) is 55.1 Å². The molecule has 0 aliphatic carbocycles. The molecule has 2 aromatic rings. The zero-order valence-corrected chi connectivity index (χ0v) is 14.1. The molecule has 0 bridgehead atoms. The molecule has 20 heavy (non-hydrogen) atoms. The summed E-state index contributed by atoms with van der Waals surface area (Å²) in [5, 5.41) is 3.37. The Morgan fingerprint density at radius 3 is 2.60 bits per heavy atom. The molecule has 104 valence electrons. The number of halogens is 2. The minimum absolute atomic E-state index is 0.401. The lowest BCUT2D eigenvalue weighted by atomic mass is 10.0. The van der Waals surface area contributed by atoms with Crippen LogP contribution in [-0.2, 0) is 6.54 Å². The number of primary amides is 1. The molecule has 0 aromatic heterocycles. The third-order valence-corrected chi connectivity index (χ3v) is 4.21. The lowest BCUT2D eigenvalue weighted by Crippen LogP contribution is -2.11. The molecule has 0 radical (unpaired) electrons. The molecule has 0 atom stereocenters. The van der Waals surface area contributed by atoms with E-state index in [-0.39, 0.29) is 0 Å². The van der Waals surface area contributed by atoms with Crippen LogP contribution in [0.2, 0.25) is 0 Å². The second kappa shape index (κ2) is 6.41. The first kappa shape index (κ1) is 15.1. The fourth-order valence-electron chi connectivity index (χ4n) is 1.87. The summed E-state index contributed by atoms with van der Waals surface area (Å²) in [4.78, 5) is 11.1. The molecule has 0 spiro atoms. The number of amides is 1. The van der Waals surface area contributed by atoms with Crippen molar-refractivity contribution in [3.05, 3.63) is 62.0 Å². The van der Waals surface area contributed by atoms with Crippen LogP contribution in [-0.4, -0.2) is 5.91 Å². The van der Waals surface area contributed by atoms with E-state index in [9.17, 15) is 4.79 Å². The number of hydrogen-bond acceptors (Lipinski definition) is 2. The molecule has 5 heteroatoms. The average molecular weight is 398 g/mol. The highest BCUT2D eigenvalue weighted by Gasteiger charge is 2.05. The van der Waals surface area contributed by atoms with Crippen molar-refractivity contribution >= 4 is 43.5 Å². The van der Waals surface area contributed by atoms with Gasteiger partial charge in [0.15, 0.2) is 0 Å². The quantitative estimate of drug-likeness (QED) is 0.810. The summed E-state index contributed by atoms with van der Waals surface area (Å²) in [6.45, 7) is 2.65. The van der Waals surface area contributed by atoms with Gasteiger partial charge < -0.3 is 11.1 Å². The molecule has 2 aromatic carbocycles. The Kier molecular flexibility index (Phi) is 4.83. The van der Waals surface area contributed by atoms with Crippen molar-refractivity contribution in [2.45, 2.75) is 13.5 Å². The number of anilines is 1. The van der Waals surface area contributed by atoms with Crippen LogP contribution < -0.4 is 11.1 Å². The van der Waals surface area contributed by atoms with Crippen LogP contribution >= 0.6 is 31.9 Å². The van der Waals surface area contributed by atoms with Crippen molar-refractivity contribution in [1.29, 1.82) is 0 Å². The average Bonchev–Trinajstić information content (AvgIpc) is 2.40. The van der Waals surface area contributed by atoms with E-state index in [1.807, 2.05) is 37.3 Å². The highest BCUT2D eigenvalue weighted by molar-refractivity contribution is 9.11. The Hall–Kier alpha value is -1.33. The van der Waals surface area contributed by atoms with Crippen molar-refractivity contribution < 1.29 is 4.79 Å². The van der Waals surface area contributed by atoms with Crippen LogP contribution in [0.25, 0.3) is 0 Å². The number of nitrogens with one attached hydrogen (secondary N) is 1. The molecule has 0 heterocycles. The van der Waals surface area contributed by atoms with E-state index in [1.54, 1.807) is 6.07 Å². The van der Waals surface area contributed by atoms with Gasteiger partial charge in [-0.3, -0.25) is 4.79 Å². The Morgan fingerprint density at radius 2 is 1.95 bits per heavy atom. The van der Waals surface area contributed by atoms with E-state index >= 15 is 0 Å². The number of nitrogens with two attached hydrogens (primary N) is 1. The Morgan fingerprint density at radius 1 is 1.20 bits per heavy atom. The van der Waals surface area contributed by atoms with Crippen LogP contribution in [0.3, 0.4) is 0 Å². The number of carbonyl (C=O) groups is 1. The van der Waals surface area contributed by atoms with E-state index in [0.29, 0.717) is 12.1 Å². The molecule has 1 amide bonds. The highest BCUT2D eigenvalue weighted by Crippen LogP contribution is 2.26. The Balaban J connectivity index is 2.15. The summed E-state index contributed by atoms with van der Waals surface area (Å²) in [5.41, 5.74) is 8.99. The summed E-state index contributed by atoms with van der Waals surface area (Å²) < 4.78 is 2.02. The van der Waals surface area contributed by atoms with Gasteiger partial charge >= 0.3 is 0 Å². The van der Waals surface area contributed by atoms with Gasteiger partial charge in [0.2, 0.25) is 5.91 Å². The van der Waals surface area contributed by atoms with Crippen molar-refractivity contribution in [3.63, 3.8) is 0 Å². The van der Waals surface area contributed by atoms with Gasteiger partial charge in [-0.05, 0) is 64.3 Å². The second-order valence-corrected chi connectivity index (χ2v) is 6.25. The summed E-state index contributed by atoms with van der Waals surface area (Å²) in [6.07, 6.45) is 0. The first-order valence-electron chi connectivity index (χ1n) is 6.05. The smallest absolute Gasteiger partial charge is 0.248 e. The Bertz CT molecular complexity index is 656. The van der Waals surface area contributed by atoms with E-state index < -0.39 is 5.91 Å². The van der Waals surface area contributed by atoms with Gasteiger partial charge in [-0.2, -0.15) is 0 Å². The van der Waals surface area contributed by atoms with Crippen LogP contribution in [0.1, 0.15) is 21.5 Å². The molecule has 0 aliphatic rings. The Labute approximate surface area is 134 Å². The van der Waals surface area contributed by atoms with E-state index in [2.05, 4.69) is 37.2 Å². The number of rotatable bonds is 4. The standard InChI is InChI=1S/C15H14Br2N2O/c1-9-6-10(15(18)20)2-3-11(9)8-19-14-7-12(16)4-5-13(14)17/h2-7,19H,8H2,1H3,(H2,18,20). The molecular formula is C15H14Br2N2O. The van der Waals surface area contributed by atoms with E-state index in [4.69, 9.17) is 5.73 Å². The zero-order valence-electron chi connectivity index (χ0n) is 10.9. The first-order chi connectivity index (χ1) is 9.47. The van der Waals surface area contributed by atoms with Gasteiger partial charge in [-0.15, -0.1) is 0 Å². The van der Waals surface area contributed by atoms with Crippen molar-refractivity contribution in [1.82, 2.24) is 0 Å². The normalized spacial score (nSPS) is 10.3. The van der Waals surface area contributed by atoms with Crippen molar-refractivity contribution in [3.8, 4) is 0 Å². The molecular weight excluding hydrogens is 384 g/mol. The lowest BCUT2D eigenvalue weighted by Gasteiger charge is -2.11. The number of hydrogen-bond donors (Lipinski definition) is 2. The van der Waals surface area contributed by atoms with E-state index in [1.165, 1.54) is 0 Å². The molecule has 3 nitrogen and oxygen atoms in total. The first-order valence-corrected chi connectivity index (χ1v) is 7.64. The van der Waals surface area contributed by atoms with Crippen LogP contribution in [0, 0.1) is 6.92 Å². The van der Waals surface area contributed by atoms with Crippen LogP contribution in [0.4, 0.5) is 5.69 Å². The molecule has 0 unspecified atom stereocenters. The fourth-order valence-corrected chi connectivity index (χ4v) is 2.62. The highest BCUT2D eigenvalue weighted by atomic mass is 79.9. The SMILES string of the molecule is Cc1cc(C(N)=O)ccc1CNc1cc(Br)ccc1Br. The van der Waals surface area contributed by atoms with Gasteiger partial charge in [0.1, 0.15) is 0 Å². The molecule has 3 N–H and O–H groups in total. The van der Waals surface area contributed by atoms with Crippen molar-refractivity contribution in [2.75, 3.05) is 5.32 Å². The summed E-state index contributed by atoms with van der Waals surface area (Å²) >= 11 is 6.96. The van der Waals surface area contributed by atoms with Crippen molar-refractivity contribution in [2.24, 2.45) is 5.73 Å². The zero-order chi connectivity index (χ0) is 14.7. The fraction of sp³-hybridized carbons (Fsp3) is 0.133. The molecule has 2 rings (SSSR count). The monoisotopic (exact) mass is 396 g/mol. The third-order valence-electron chi connectivity index (χ3n) is 3.02. The maximum absolute atomic E-state index is 11.1. The second-order valence-electron chi connectivity index (χ2n) is 4.48. The number of aryl methyl sites for hydroxylation is 1. The maximum Gasteiger partial charge on any atom is 0.248 e. The van der Waals surface area contributed by atoms with Crippen LogP contribution in [0.15, 0.2) is 45.3 Å². The van der Waals surface area contributed by atoms with Gasteiger partial charge in [0.05, 0.1) is 0 Å². The van der Waals surface area contributed by atoms with Gasteiger partial charge in [0.25, 0.3) is 0 Å². The van der Waals surface area contributed by atoms with Crippen LogP contribution in [0.5, 0.6) is 0 Å². The minimum atomic E-state index is -0.401. The molecule has 0 saturated carbocycles. The number of carbonyl (C=O) groups excluding carboxylic acids is 1. The summed E-state index contributed by atoms with van der Waals surface area (Å²) in [6, 6.07) is 11.5. The van der Waals surface area contributed by atoms with E-state index in [0.717, 1.165) is 25.8 Å². The minimum Gasteiger partial charge on any atom is -0.380 e. The number of benzene rings is 2. The summed E-state index contributed by atoms with van der Waals surface area (Å²) in [5.74, 6) is -0.401. The van der Waals surface area contributed by atoms with Gasteiger partial charge in [-0.25, -0.2) is 0 Å². The molecule has 0 aliphatic heterocycles. The summed E-state index contributed by atoms with van der Waals surface area (Å²) in [7, 11) is 0. The van der Waals surface area contributed by atoms with Gasteiger partial charge in [0, 0.05) is 26.7 Å². The lowest BCUT2D eigenvalue weighted by molar-refractivity contribution is 0.1000. The predicted molar refractivity (Wildman–Crippen MR) is 88.9 cm³/mol. The largest absolute Gasteiger partial charge is 0.380 e. The molecule has 0 saturated heterocycles.